The number of pyridine rings is 1. The van der Waals surface area contributed by atoms with Crippen molar-refractivity contribution >= 4 is 40.1 Å². The number of fused-ring (bicyclic) bond motifs is 1. The molecule has 2 aliphatic rings. The zero-order valence-corrected chi connectivity index (χ0v) is 22.5. The van der Waals surface area contributed by atoms with Crippen LogP contribution >= 0.6 is 11.6 Å². The van der Waals surface area contributed by atoms with E-state index in [4.69, 9.17) is 27.3 Å². The van der Waals surface area contributed by atoms with Crippen molar-refractivity contribution in [1.29, 1.82) is 0 Å². The van der Waals surface area contributed by atoms with E-state index in [1.165, 1.54) is 12.8 Å². The quantitative estimate of drug-likeness (QED) is 0.211. The van der Waals surface area contributed by atoms with Crippen LogP contribution in [-0.2, 0) is 6.42 Å². The van der Waals surface area contributed by atoms with E-state index >= 15 is 0 Å². The van der Waals surface area contributed by atoms with Gasteiger partial charge in [0.1, 0.15) is 11.7 Å². The molecular formula is C29H36ClN7O. The van der Waals surface area contributed by atoms with Crippen molar-refractivity contribution in [3.05, 3.63) is 59.1 Å². The number of rotatable bonds is 7. The molecule has 2 heterocycles. The largest absolute Gasteiger partial charge is 0.387 e. The lowest BCUT2D eigenvalue weighted by Gasteiger charge is -2.30. The normalized spacial score (nSPS) is 21.1. The number of benzene rings is 1. The second-order valence-electron chi connectivity index (χ2n) is 10.4. The molecule has 0 unspecified atom stereocenters. The van der Waals surface area contributed by atoms with Crippen molar-refractivity contribution < 1.29 is 4.79 Å². The zero-order chi connectivity index (χ0) is 26.3. The van der Waals surface area contributed by atoms with Crippen LogP contribution in [0.3, 0.4) is 0 Å². The van der Waals surface area contributed by atoms with Crippen LogP contribution in [0.2, 0.25) is 5.02 Å². The van der Waals surface area contributed by atoms with Crippen molar-refractivity contribution in [1.82, 2.24) is 20.3 Å². The second kappa shape index (κ2) is 12.5. The fourth-order valence-electron chi connectivity index (χ4n) is 5.54. The number of hydrogen-bond acceptors (Lipinski definition) is 6. The Bertz CT molecular complexity index is 1270. The molecule has 4 N–H and O–H groups in total. The van der Waals surface area contributed by atoms with Crippen LogP contribution in [0.5, 0.6) is 0 Å². The summed E-state index contributed by atoms with van der Waals surface area (Å²) in [6.45, 7) is 0. The van der Waals surface area contributed by atoms with E-state index in [-0.39, 0.29) is 29.9 Å². The first-order valence-corrected chi connectivity index (χ1v) is 14.2. The molecule has 3 aromatic rings. The number of carbonyl (C=O) groups is 1. The van der Waals surface area contributed by atoms with E-state index in [9.17, 15) is 4.79 Å². The Kier molecular flexibility index (Phi) is 8.68. The topological polar surface area (TPSA) is 118 Å². The van der Waals surface area contributed by atoms with Gasteiger partial charge in [-0.15, -0.1) is 0 Å². The number of carbonyl (C=O) groups excluding carboxylic acids is 1. The van der Waals surface area contributed by atoms with Gasteiger partial charge >= 0.3 is 0 Å². The Morgan fingerprint density at radius 2 is 1.79 bits per heavy atom. The highest BCUT2D eigenvalue weighted by Gasteiger charge is 2.27. The molecule has 2 saturated carbocycles. The molecule has 8 nitrogen and oxygen atoms in total. The van der Waals surface area contributed by atoms with Crippen molar-refractivity contribution in [2.45, 2.75) is 88.8 Å². The fraction of sp³-hybridized carbons (Fsp3) is 0.483. The third-order valence-corrected chi connectivity index (χ3v) is 7.76. The summed E-state index contributed by atoms with van der Waals surface area (Å²) in [6.07, 6.45) is 13.1. The Balaban J connectivity index is 1.39. The average molecular weight is 534 g/mol. The van der Waals surface area contributed by atoms with E-state index in [0.29, 0.717) is 28.6 Å². The summed E-state index contributed by atoms with van der Waals surface area (Å²) in [7, 11) is 0. The van der Waals surface area contributed by atoms with E-state index in [1.807, 2.05) is 30.3 Å². The lowest BCUT2D eigenvalue weighted by Crippen LogP contribution is -2.38. The van der Waals surface area contributed by atoms with Gasteiger partial charge in [-0.25, -0.2) is 9.97 Å². The van der Waals surface area contributed by atoms with Gasteiger partial charge < -0.3 is 16.4 Å². The number of amides is 1. The molecule has 0 spiro atoms. The number of hydrogen-bond donors (Lipinski definition) is 3. The summed E-state index contributed by atoms with van der Waals surface area (Å²) >= 11 is 6.35. The van der Waals surface area contributed by atoms with Crippen LogP contribution in [0.25, 0.3) is 10.9 Å². The molecule has 2 aromatic heterocycles. The first-order valence-electron chi connectivity index (χ1n) is 13.8. The molecule has 0 radical (unpaired) electrons. The minimum Gasteiger partial charge on any atom is -0.387 e. The summed E-state index contributed by atoms with van der Waals surface area (Å²) < 4.78 is 0. The van der Waals surface area contributed by atoms with Gasteiger partial charge in [0.25, 0.3) is 5.91 Å². The van der Waals surface area contributed by atoms with E-state index in [0.717, 1.165) is 62.4 Å². The molecule has 38 heavy (non-hydrogen) atoms. The number of aromatic nitrogens is 3. The fourth-order valence-corrected chi connectivity index (χ4v) is 5.71. The minimum absolute atomic E-state index is 0.0000675. The van der Waals surface area contributed by atoms with Crippen molar-refractivity contribution in [3.8, 4) is 0 Å². The number of nitrogens with one attached hydrogen (secondary N) is 2. The Morgan fingerprint density at radius 3 is 2.58 bits per heavy atom. The first-order chi connectivity index (χ1) is 18.5. The van der Waals surface area contributed by atoms with Crippen molar-refractivity contribution in [3.63, 3.8) is 0 Å². The van der Waals surface area contributed by atoms with Gasteiger partial charge in [-0.05, 0) is 56.0 Å². The maximum absolute atomic E-state index is 13.2. The van der Waals surface area contributed by atoms with Crippen molar-refractivity contribution in [2.24, 2.45) is 10.7 Å². The third kappa shape index (κ3) is 6.78. The van der Waals surface area contributed by atoms with Crippen LogP contribution in [0, 0.1) is 0 Å². The summed E-state index contributed by atoms with van der Waals surface area (Å²) in [5.41, 5.74) is 7.93. The van der Waals surface area contributed by atoms with E-state index in [1.54, 1.807) is 12.3 Å². The number of nitrogens with zero attached hydrogens (tertiary/aromatic N) is 4. The number of halogens is 1. The molecule has 5 rings (SSSR count). The van der Waals surface area contributed by atoms with Gasteiger partial charge in [0, 0.05) is 40.8 Å². The lowest BCUT2D eigenvalue weighted by molar-refractivity contribution is 0.0923. The van der Waals surface area contributed by atoms with Gasteiger partial charge in [0.05, 0.1) is 11.6 Å². The van der Waals surface area contributed by atoms with Gasteiger partial charge in [0.15, 0.2) is 0 Å². The van der Waals surface area contributed by atoms with Gasteiger partial charge in [-0.3, -0.25) is 14.8 Å². The molecule has 0 saturated heterocycles. The number of anilines is 1. The number of amidine groups is 1. The molecule has 0 aliphatic heterocycles. The number of aliphatic imine (C=N–C) groups is 1. The molecule has 2 fully saturated rings. The molecule has 1 amide bonds. The summed E-state index contributed by atoms with van der Waals surface area (Å²) in [6, 6.07) is 11.5. The molecule has 2 aliphatic carbocycles. The minimum atomic E-state index is -0.227. The van der Waals surface area contributed by atoms with Crippen LogP contribution in [0.15, 0.2) is 47.6 Å². The highest BCUT2D eigenvalue weighted by molar-refractivity contribution is 6.31. The molecule has 2 atom stereocenters. The number of nitrogens with two attached hydrogens (primary N) is 1. The maximum atomic E-state index is 13.2. The predicted molar refractivity (Wildman–Crippen MR) is 153 cm³/mol. The molecule has 0 bridgehead atoms. The molecular weight excluding hydrogens is 498 g/mol. The summed E-state index contributed by atoms with van der Waals surface area (Å²) in [4.78, 5) is 31.8. The average Bonchev–Trinajstić information content (AvgIpc) is 3.19. The highest BCUT2D eigenvalue weighted by atomic mass is 35.5. The SMILES string of the molecule is NC(Cc1ccccn1)=N[C@@H]1CCCC[C@@H]1Nc1nc(C(=O)NC2CCCCCC2)nc2ccc(Cl)cc12. The highest BCUT2D eigenvalue weighted by Crippen LogP contribution is 2.29. The van der Waals surface area contributed by atoms with Crippen molar-refractivity contribution in [2.75, 3.05) is 5.32 Å². The standard InChI is InChI=1S/C29H36ClN7O/c30-19-14-15-23-22(17-19)27(37-28(35-23)29(38)33-20-9-3-1-2-4-10-20)36-25-13-6-5-12-24(25)34-26(31)18-21-11-7-8-16-32-21/h7-8,11,14-17,20,24-25H,1-6,9-10,12-13,18H2,(H2,31,34)(H,33,38)(H,35,36,37)/t24-,25+/m1/s1. The Labute approximate surface area is 228 Å². The molecule has 200 valence electrons. The second-order valence-corrected chi connectivity index (χ2v) is 10.9. The third-order valence-electron chi connectivity index (χ3n) is 7.52. The van der Waals surface area contributed by atoms with E-state index < -0.39 is 0 Å². The monoisotopic (exact) mass is 533 g/mol. The first kappa shape index (κ1) is 26.4. The van der Waals surface area contributed by atoms with Crippen LogP contribution in [0.4, 0.5) is 5.82 Å². The van der Waals surface area contributed by atoms with Crippen LogP contribution < -0.4 is 16.4 Å². The molecule has 1 aromatic carbocycles. The summed E-state index contributed by atoms with van der Waals surface area (Å²) in [5, 5.41) is 8.17. The summed E-state index contributed by atoms with van der Waals surface area (Å²) in [5.74, 6) is 1.13. The zero-order valence-electron chi connectivity index (χ0n) is 21.7. The Morgan fingerprint density at radius 1 is 1.00 bits per heavy atom. The van der Waals surface area contributed by atoms with Crippen LogP contribution in [0.1, 0.15) is 80.5 Å². The lowest BCUT2D eigenvalue weighted by atomic mass is 9.90. The predicted octanol–water partition coefficient (Wildman–Crippen LogP) is 5.45. The van der Waals surface area contributed by atoms with Crippen LogP contribution in [-0.4, -0.2) is 44.8 Å². The maximum Gasteiger partial charge on any atom is 0.289 e. The Hall–Kier alpha value is -3.26. The van der Waals surface area contributed by atoms with E-state index in [2.05, 4.69) is 20.6 Å². The van der Waals surface area contributed by atoms with Gasteiger partial charge in [-0.2, -0.15) is 0 Å². The van der Waals surface area contributed by atoms with Gasteiger partial charge in [-0.1, -0.05) is 56.2 Å². The molecule has 9 heteroatoms. The van der Waals surface area contributed by atoms with Gasteiger partial charge in [0.2, 0.25) is 5.82 Å². The smallest absolute Gasteiger partial charge is 0.289 e.